The van der Waals surface area contributed by atoms with Gasteiger partial charge in [0.15, 0.2) is 0 Å². The second-order valence-corrected chi connectivity index (χ2v) is 5.46. The van der Waals surface area contributed by atoms with Gasteiger partial charge in [-0.05, 0) is 25.6 Å². The highest BCUT2D eigenvalue weighted by Gasteiger charge is 2.14. The fourth-order valence-electron chi connectivity index (χ4n) is 2.23. The van der Waals surface area contributed by atoms with Crippen LogP contribution in [0.15, 0.2) is 29.2 Å². The standard InChI is InChI=1S/C15H19N3O3/c1-10-4-5-13-16-12(6-14(19)18(13)7-10)9-17(3)8-11(2)15(20)21/h4-7,11H,8-9H2,1-3H3,(H,20,21). The third-order valence-electron chi connectivity index (χ3n) is 3.30. The smallest absolute Gasteiger partial charge is 0.307 e. The number of aryl methyl sites for hydroxylation is 1. The van der Waals surface area contributed by atoms with Crippen molar-refractivity contribution in [2.75, 3.05) is 13.6 Å². The Hall–Kier alpha value is -2.21. The first-order valence-corrected chi connectivity index (χ1v) is 6.77. The summed E-state index contributed by atoms with van der Waals surface area (Å²) in [5.41, 5.74) is 2.11. The number of pyridine rings is 1. The third-order valence-corrected chi connectivity index (χ3v) is 3.30. The highest BCUT2D eigenvalue weighted by Crippen LogP contribution is 2.06. The van der Waals surface area contributed by atoms with Gasteiger partial charge in [-0.15, -0.1) is 0 Å². The van der Waals surface area contributed by atoms with Crippen LogP contribution in [-0.4, -0.2) is 39.0 Å². The van der Waals surface area contributed by atoms with Gasteiger partial charge in [0.1, 0.15) is 5.65 Å². The van der Waals surface area contributed by atoms with Gasteiger partial charge >= 0.3 is 5.97 Å². The summed E-state index contributed by atoms with van der Waals surface area (Å²) in [5.74, 6) is -1.29. The molecule has 6 heteroatoms. The lowest BCUT2D eigenvalue weighted by Gasteiger charge is -2.18. The van der Waals surface area contributed by atoms with Crippen molar-refractivity contribution in [2.24, 2.45) is 5.92 Å². The van der Waals surface area contributed by atoms with Gasteiger partial charge in [-0.1, -0.05) is 13.0 Å². The van der Waals surface area contributed by atoms with E-state index in [0.717, 1.165) is 5.56 Å². The van der Waals surface area contributed by atoms with Gasteiger partial charge in [-0.2, -0.15) is 0 Å². The Balaban J connectivity index is 2.21. The Morgan fingerprint density at radius 1 is 1.48 bits per heavy atom. The highest BCUT2D eigenvalue weighted by atomic mass is 16.4. The van der Waals surface area contributed by atoms with E-state index in [1.54, 1.807) is 19.2 Å². The van der Waals surface area contributed by atoms with Crippen LogP contribution in [0.3, 0.4) is 0 Å². The fourth-order valence-corrected chi connectivity index (χ4v) is 2.23. The molecule has 2 aromatic rings. The van der Waals surface area contributed by atoms with Crippen LogP contribution in [0.25, 0.3) is 5.65 Å². The van der Waals surface area contributed by atoms with E-state index in [1.807, 2.05) is 24.9 Å². The second-order valence-electron chi connectivity index (χ2n) is 5.46. The van der Waals surface area contributed by atoms with Crippen LogP contribution < -0.4 is 5.56 Å². The largest absolute Gasteiger partial charge is 0.481 e. The minimum absolute atomic E-state index is 0.126. The van der Waals surface area contributed by atoms with Crippen LogP contribution in [-0.2, 0) is 11.3 Å². The van der Waals surface area contributed by atoms with Crippen LogP contribution in [0.2, 0.25) is 0 Å². The third kappa shape index (κ3) is 3.66. The molecule has 0 saturated carbocycles. The lowest BCUT2D eigenvalue weighted by Crippen LogP contribution is -2.29. The summed E-state index contributed by atoms with van der Waals surface area (Å²) in [7, 11) is 1.82. The normalized spacial score (nSPS) is 12.8. The first-order chi connectivity index (χ1) is 9.86. The van der Waals surface area contributed by atoms with E-state index in [9.17, 15) is 9.59 Å². The molecule has 1 N–H and O–H groups in total. The molecule has 0 aromatic carbocycles. The number of fused-ring (bicyclic) bond motifs is 1. The molecule has 0 amide bonds. The molecule has 0 radical (unpaired) electrons. The van der Waals surface area contributed by atoms with Crippen LogP contribution in [0.1, 0.15) is 18.2 Å². The summed E-state index contributed by atoms with van der Waals surface area (Å²) in [6, 6.07) is 5.20. The SMILES string of the molecule is Cc1ccc2nc(CN(C)CC(C)C(=O)O)cc(=O)n2c1. The van der Waals surface area contributed by atoms with E-state index in [1.165, 1.54) is 10.5 Å². The van der Waals surface area contributed by atoms with Crippen molar-refractivity contribution in [1.82, 2.24) is 14.3 Å². The molecular weight excluding hydrogens is 270 g/mol. The highest BCUT2D eigenvalue weighted by molar-refractivity contribution is 5.69. The van der Waals surface area contributed by atoms with Crippen molar-refractivity contribution in [3.63, 3.8) is 0 Å². The Morgan fingerprint density at radius 2 is 2.19 bits per heavy atom. The quantitative estimate of drug-likeness (QED) is 0.894. The molecular formula is C15H19N3O3. The number of rotatable bonds is 5. The maximum atomic E-state index is 12.1. The number of carbonyl (C=O) groups is 1. The summed E-state index contributed by atoms with van der Waals surface area (Å²) < 4.78 is 1.51. The molecule has 6 nitrogen and oxygen atoms in total. The summed E-state index contributed by atoms with van der Waals surface area (Å²) in [6.45, 7) is 4.42. The summed E-state index contributed by atoms with van der Waals surface area (Å²) >= 11 is 0. The number of hydrogen-bond donors (Lipinski definition) is 1. The van der Waals surface area contributed by atoms with Crippen LogP contribution in [0, 0.1) is 12.8 Å². The Bertz CT molecular complexity index is 724. The molecule has 2 rings (SSSR count). The van der Waals surface area contributed by atoms with Crippen molar-refractivity contribution >= 4 is 11.6 Å². The van der Waals surface area contributed by atoms with Crippen molar-refractivity contribution in [1.29, 1.82) is 0 Å². The minimum Gasteiger partial charge on any atom is -0.481 e. The number of aliphatic carboxylic acids is 1. The average Bonchev–Trinajstić information content (AvgIpc) is 2.39. The van der Waals surface area contributed by atoms with Gasteiger partial charge in [0.2, 0.25) is 0 Å². The summed E-state index contributed by atoms with van der Waals surface area (Å²) in [4.78, 5) is 29.2. The van der Waals surface area contributed by atoms with E-state index in [0.29, 0.717) is 24.4 Å². The van der Waals surface area contributed by atoms with Crippen molar-refractivity contribution in [3.05, 3.63) is 46.0 Å². The number of hydrogen-bond acceptors (Lipinski definition) is 4. The number of carboxylic acids is 1. The molecule has 0 fully saturated rings. The van der Waals surface area contributed by atoms with Crippen LogP contribution >= 0.6 is 0 Å². The molecule has 0 aliphatic heterocycles. The number of nitrogens with zero attached hydrogens (tertiary/aromatic N) is 3. The molecule has 21 heavy (non-hydrogen) atoms. The zero-order valence-electron chi connectivity index (χ0n) is 12.4. The topological polar surface area (TPSA) is 74.9 Å². The number of carboxylic acid groups (broad SMARTS) is 1. The minimum atomic E-state index is -0.830. The predicted molar refractivity (Wildman–Crippen MR) is 79.3 cm³/mol. The molecule has 1 atom stereocenters. The van der Waals surface area contributed by atoms with Gasteiger partial charge in [0.25, 0.3) is 5.56 Å². The molecule has 0 spiro atoms. The monoisotopic (exact) mass is 289 g/mol. The molecule has 0 aliphatic rings. The molecule has 112 valence electrons. The Labute approximate surface area is 122 Å². The van der Waals surface area contributed by atoms with Gasteiger partial charge in [-0.3, -0.25) is 18.9 Å². The van der Waals surface area contributed by atoms with Gasteiger partial charge < -0.3 is 5.11 Å². The van der Waals surface area contributed by atoms with Gasteiger partial charge in [0, 0.05) is 25.4 Å². The molecule has 2 heterocycles. The lowest BCUT2D eigenvalue weighted by molar-refractivity contribution is -0.141. The van der Waals surface area contributed by atoms with E-state index in [-0.39, 0.29) is 5.56 Å². The predicted octanol–water partition coefficient (Wildman–Crippen LogP) is 1.16. The van der Waals surface area contributed by atoms with Crippen molar-refractivity contribution < 1.29 is 9.90 Å². The van der Waals surface area contributed by atoms with Gasteiger partial charge in [-0.25, -0.2) is 4.98 Å². The zero-order valence-corrected chi connectivity index (χ0v) is 12.4. The van der Waals surface area contributed by atoms with E-state index >= 15 is 0 Å². The molecule has 0 saturated heterocycles. The van der Waals surface area contributed by atoms with Crippen LogP contribution in [0.5, 0.6) is 0 Å². The van der Waals surface area contributed by atoms with Crippen molar-refractivity contribution in [2.45, 2.75) is 20.4 Å². The maximum absolute atomic E-state index is 12.1. The molecule has 0 bridgehead atoms. The average molecular weight is 289 g/mol. The molecule has 0 aliphatic carbocycles. The lowest BCUT2D eigenvalue weighted by atomic mass is 10.2. The maximum Gasteiger partial charge on any atom is 0.307 e. The van der Waals surface area contributed by atoms with E-state index < -0.39 is 11.9 Å². The van der Waals surface area contributed by atoms with E-state index in [4.69, 9.17) is 5.11 Å². The van der Waals surface area contributed by atoms with E-state index in [2.05, 4.69) is 4.98 Å². The Kier molecular flexibility index (Phi) is 4.37. The fraction of sp³-hybridized carbons (Fsp3) is 0.400. The Morgan fingerprint density at radius 3 is 2.86 bits per heavy atom. The summed E-state index contributed by atoms with van der Waals surface area (Å²) in [6.07, 6.45) is 1.75. The number of aromatic nitrogens is 2. The molecule has 1 unspecified atom stereocenters. The van der Waals surface area contributed by atoms with Gasteiger partial charge in [0.05, 0.1) is 11.6 Å². The van der Waals surface area contributed by atoms with Crippen molar-refractivity contribution in [3.8, 4) is 0 Å². The van der Waals surface area contributed by atoms with Crippen LogP contribution in [0.4, 0.5) is 0 Å². The summed E-state index contributed by atoms with van der Waals surface area (Å²) in [5, 5.41) is 8.91. The first-order valence-electron chi connectivity index (χ1n) is 6.77. The zero-order chi connectivity index (χ0) is 15.6. The first kappa shape index (κ1) is 15.2. The molecule has 2 aromatic heterocycles. The second kappa shape index (κ2) is 6.05.